The first kappa shape index (κ1) is 25.3. The van der Waals surface area contributed by atoms with Gasteiger partial charge in [0.2, 0.25) is 0 Å². The summed E-state index contributed by atoms with van der Waals surface area (Å²) in [5.41, 5.74) is 5.13. The molecular weight excluding hydrogens is 550 g/mol. The van der Waals surface area contributed by atoms with E-state index in [9.17, 15) is 14.4 Å². The van der Waals surface area contributed by atoms with E-state index in [0.29, 0.717) is 21.4 Å². The van der Waals surface area contributed by atoms with Gasteiger partial charge in [0, 0.05) is 10.2 Å². The number of rotatable bonds is 7. The van der Waals surface area contributed by atoms with Crippen LogP contribution in [-0.2, 0) is 14.4 Å². The van der Waals surface area contributed by atoms with E-state index in [1.807, 2.05) is 25.1 Å². The Morgan fingerprint density at radius 3 is 2.50 bits per heavy atom. The summed E-state index contributed by atoms with van der Waals surface area (Å²) in [5.74, 6) is -1.09. The number of methoxy groups -OCH3 is 1. The lowest BCUT2D eigenvalue weighted by Crippen LogP contribution is -2.35. The molecule has 184 valence electrons. The Kier molecular flexibility index (Phi) is 7.61. The zero-order chi connectivity index (χ0) is 25.8. The number of aryl methyl sites for hydroxylation is 1. The highest BCUT2D eigenvalue weighted by atomic mass is 79.9. The van der Waals surface area contributed by atoms with Gasteiger partial charge in [-0.3, -0.25) is 19.8 Å². The van der Waals surface area contributed by atoms with Crippen LogP contribution in [0.4, 0.5) is 11.4 Å². The van der Waals surface area contributed by atoms with Gasteiger partial charge in [0.1, 0.15) is 10.6 Å². The van der Waals surface area contributed by atoms with Gasteiger partial charge in [-0.2, -0.15) is 0 Å². The first-order valence-corrected chi connectivity index (χ1v) is 11.9. The normalized spacial score (nSPS) is 14.1. The van der Waals surface area contributed by atoms with Crippen molar-refractivity contribution in [2.75, 3.05) is 24.0 Å². The molecule has 1 aliphatic heterocycles. The molecule has 2 N–H and O–H groups in total. The predicted molar refractivity (Wildman–Crippen MR) is 141 cm³/mol. The average Bonchev–Trinajstić information content (AvgIpc) is 3.16. The standard InChI is InChI=1S/C26H21BrClN3O5/c1-15-8-10-17(11-9-15)29-21(32)14-36-24-20(35-2)13-16(22(27)23(24)28)12-19-25(33)30-31(26(19)34)18-6-4-3-5-7-18/h3-13H,14H2,1-2H3,(H,29,32)(H,30,33)/b19-12-. The third kappa shape index (κ3) is 5.37. The van der Waals surface area contributed by atoms with E-state index in [1.165, 1.54) is 18.2 Å². The molecule has 1 aliphatic rings. The lowest BCUT2D eigenvalue weighted by Gasteiger charge is -2.15. The largest absolute Gasteiger partial charge is 0.493 e. The molecule has 0 atom stereocenters. The number of hydrogen-bond acceptors (Lipinski definition) is 5. The van der Waals surface area contributed by atoms with Crippen LogP contribution in [0.15, 0.2) is 70.7 Å². The van der Waals surface area contributed by atoms with E-state index in [4.69, 9.17) is 21.1 Å². The molecule has 0 aliphatic carbocycles. The van der Waals surface area contributed by atoms with E-state index in [-0.39, 0.29) is 34.6 Å². The van der Waals surface area contributed by atoms with Gasteiger partial charge >= 0.3 is 0 Å². The molecule has 3 amide bonds. The van der Waals surface area contributed by atoms with Crippen LogP contribution in [0, 0.1) is 6.92 Å². The van der Waals surface area contributed by atoms with Crippen LogP contribution >= 0.6 is 27.5 Å². The summed E-state index contributed by atoms with van der Waals surface area (Å²) >= 11 is 9.92. The van der Waals surface area contributed by atoms with E-state index in [0.717, 1.165) is 5.56 Å². The number of nitrogens with one attached hydrogen (secondary N) is 2. The Labute approximate surface area is 220 Å². The second kappa shape index (κ2) is 10.8. The lowest BCUT2D eigenvalue weighted by atomic mass is 10.1. The topological polar surface area (TPSA) is 97.0 Å². The number of ether oxygens (including phenoxy) is 2. The van der Waals surface area contributed by atoms with Gasteiger partial charge < -0.3 is 14.8 Å². The highest BCUT2D eigenvalue weighted by Crippen LogP contribution is 2.43. The second-order valence-electron chi connectivity index (χ2n) is 7.80. The molecule has 0 spiro atoms. The lowest BCUT2D eigenvalue weighted by molar-refractivity contribution is -0.118. The molecule has 1 fully saturated rings. The van der Waals surface area contributed by atoms with Gasteiger partial charge in [0.05, 0.1) is 12.8 Å². The summed E-state index contributed by atoms with van der Waals surface area (Å²) in [5, 5.41) is 4.03. The van der Waals surface area contributed by atoms with Crippen molar-refractivity contribution in [3.8, 4) is 11.5 Å². The van der Waals surface area contributed by atoms with Gasteiger partial charge in [-0.1, -0.05) is 47.5 Å². The van der Waals surface area contributed by atoms with Crippen molar-refractivity contribution < 1.29 is 23.9 Å². The number of hydrogen-bond donors (Lipinski definition) is 2. The maximum Gasteiger partial charge on any atom is 0.282 e. The van der Waals surface area contributed by atoms with Crippen molar-refractivity contribution in [2.45, 2.75) is 6.92 Å². The third-order valence-corrected chi connectivity index (χ3v) is 6.71. The van der Waals surface area contributed by atoms with Crippen LogP contribution in [0.25, 0.3) is 6.08 Å². The first-order chi connectivity index (χ1) is 17.3. The highest BCUT2D eigenvalue weighted by Gasteiger charge is 2.34. The maximum absolute atomic E-state index is 12.9. The number of benzene rings is 3. The molecule has 1 saturated heterocycles. The van der Waals surface area contributed by atoms with Crippen molar-refractivity contribution in [3.05, 3.63) is 86.9 Å². The van der Waals surface area contributed by atoms with Gasteiger partial charge in [-0.25, -0.2) is 5.01 Å². The molecular formula is C26H21BrClN3O5. The number of anilines is 2. The number of amides is 3. The van der Waals surface area contributed by atoms with Crippen molar-refractivity contribution in [1.29, 1.82) is 0 Å². The van der Waals surface area contributed by atoms with E-state index >= 15 is 0 Å². The maximum atomic E-state index is 12.9. The van der Waals surface area contributed by atoms with Crippen molar-refractivity contribution in [1.82, 2.24) is 5.43 Å². The summed E-state index contributed by atoms with van der Waals surface area (Å²) < 4.78 is 11.4. The monoisotopic (exact) mass is 569 g/mol. The molecule has 0 radical (unpaired) electrons. The van der Waals surface area contributed by atoms with Gasteiger partial charge in [0.25, 0.3) is 17.7 Å². The van der Waals surface area contributed by atoms with Crippen LogP contribution in [0.3, 0.4) is 0 Å². The Hall–Kier alpha value is -3.82. The van der Waals surface area contributed by atoms with Crippen molar-refractivity contribution >= 4 is 62.7 Å². The van der Waals surface area contributed by atoms with Crippen molar-refractivity contribution in [3.63, 3.8) is 0 Å². The highest BCUT2D eigenvalue weighted by molar-refractivity contribution is 9.10. The Morgan fingerprint density at radius 2 is 1.83 bits per heavy atom. The molecule has 0 saturated carbocycles. The summed E-state index contributed by atoms with van der Waals surface area (Å²) in [7, 11) is 1.42. The minimum Gasteiger partial charge on any atom is -0.493 e. The van der Waals surface area contributed by atoms with Gasteiger partial charge in [0.15, 0.2) is 18.1 Å². The van der Waals surface area contributed by atoms with Gasteiger partial charge in [-0.05, 0) is 64.8 Å². The Morgan fingerprint density at radius 1 is 1.14 bits per heavy atom. The first-order valence-electron chi connectivity index (χ1n) is 10.8. The molecule has 1 heterocycles. The summed E-state index contributed by atoms with van der Waals surface area (Å²) in [6, 6.07) is 17.7. The molecule has 0 unspecified atom stereocenters. The number of halogens is 2. The van der Waals surface area contributed by atoms with E-state index in [2.05, 4.69) is 26.7 Å². The molecule has 10 heteroatoms. The van der Waals surface area contributed by atoms with Crippen LogP contribution in [0.2, 0.25) is 5.02 Å². The zero-order valence-corrected chi connectivity index (χ0v) is 21.6. The van der Waals surface area contributed by atoms with Crippen LogP contribution < -0.4 is 25.2 Å². The molecule has 3 aromatic carbocycles. The second-order valence-corrected chi connectivity index (χ2v) is 8.97. The number of carbonyl (C=O) groups excluding carboxylic acids is 3. The van der Waals surface area contributed by atoms with Crippen molar-refractivity contribution in [2.24, 2.45) is 0 Å². The number of nitrogens with zero attached hydrogens (tertiary/aromatic N) is 1. The molecule has 3 aromatic rings. The molecule has 0 aromatic heterocycles. The number of para-hydroxylation sites is 1. The average molecular weight is 571 g/mol. The van der Waals surface area contributed by atoms with Crippen LogP contribution in [0.5, 0.6) is 11.5 Å². The quantitative estimate of drug-likeness (QED) is 0.311. The smallest absolute Gasteiger partial charge is 0.282 e. The summed E-state index contributed by atoms with van der Waals surface area (Å²) in [6.07, 6.45) is 1.41. The van der Waals surface area contributed by atoms with Gasteiger partial charge in [-0.15, -0.1) is 0 Å². The molecule has 36 heavy (non-hydrogen) atoms. The summed E-state index contributed by atoms with van der Waals surface area (Å²) in [4.78, 5) is 37.8. The fourth-order valence-corrected chi connectivity index (χ4v) is 4.11. The minimum absolute atomic E-state index is 0.0798. The zero-order valence-electron chi connectivity index (χ0n) is 19.3. The van der Waals surface area contributed by atoms with Crippen LogP contribution in [-0.4, -0.2) is 31.4 Å². The third-order valence-electron chi connectivity index (χ3n) is 5.26. The fourth-order valence-electron chi connectivity index (χ4n) is 3.44. The van der Waals surface area contributed by atoms with Crippen LogP contribution in [0.1, 0.15) is 11.1 Å². The Bertz CT molecular complexity index is 1360. The number of hydrazine groups is 1. The molecule has 8 nitrogen and oxygen atoms in total. The molecule has 0 bridgehead atoms. The molecule has 4 rings (SSSR count). The predicted octanol–water partition coefficient (Wildman–Crippen LogP) is 4.90. The fraction of sp³-hybridized carbons (Fsp3) is 0.115. The van der Waals surface area contributed by atoms with E-state index in [1.54, 1.807) is 42.5 Å². The summed E-state index contributed by atoms with van der Waals surface area (Å²) in [6.45, 7) is 1.64. The SMILES string of the molecule is COc1cc(/C=C2/C(=O)NN(c3ccccc3)C2=O)c(Br)c(Cl)c1OCC(=O)Nc1ccc(C)cc1. The number of carbonyl (C=O) groups is 3. The Balaban J connectivity index is 1.55. The minimum atomic E-state index is -0.557. The van der Waals surface area contributed by atoms with E-state index < -0.39 is 11.8 Å².